The number of benzene rings is 1. The van der Waals surface area contributed by atoms with E-state index in [9.17, 15) is 4.79 Å². The van der Waals surface area contributed by atoms with E-state index in [1.807, 2.05) is 18.2 Å². The maximum atomic E-state index is 12.1. The van der Waals surface area contributed by atoms with Crippen molar-refractivity contribution in [2.24, 2.45) is 0 Å². The molecule has 1 aromatic carbocycles. The molecule has 7 heteroatoms. The molecule has 1 saturated carbocycles. The van der Waals surface area contributed by atoms with Gasteiger partial charge < -0.3 is 15.4 Å². The number of fused-ring (bicyclic) bond motifs is 1. The molecule has 2 heterocycles. The van der Waals surface area contributed by atoms with Crippen molar-refractivity contribution in [1.29, 1.82) is 0 Å². The molecule has 1 amide bonds. The lowest BCUT2D eigenvalue weighted by Crippen LogP contribution is -2.43. The highest BCUT2D eigenvalue weighted by Crippen LogP contribution is 2.43. The number of ether oxygens (including phenoxy) is 1. The van der Waals surface area contributed by atoms with E-state index in [2.05, 4.69) is 15.6 Å². The van der Waals surface area contributed by atoms with Crippen molar-refractivity contribution in [3.63, 3.8) is 0 Å². The number of carbonyl (C=O) groups excluding carboxylic acids is 1. The summed E-state index contributed by atoms with van der Waals surface area (Å²) in [6.45, 7) is 2.14. The van der Waals surface area contributed by atoms with E-state index < -0.39 is 0 Å². The minimum Gasteiger partial charge on any atom is -0.378 e. The highest BCUT2D eigenvalue weighted by atomic mass is 35.5. The van der Waals surface area contributed by atoms with Crippen LogP contribution in [0.15, 0.2) is 18.2 Å². The van der Waals surface area contributed by atoms with Gasteiger partial charge in [-0.25, -0.2) is 4.98 Å². The Morgan fingerprint density at radius 2 is 2.30 bits per heavy atom. The summed E-state index contributed by atoms with van der Waals surface area (Å²) in [6.07, 6.45) is 2.97. The van der Waals surface area contributed by atoms with Crippen LogP contribution in [0.5, 0.6) is 0 Å². The molecular weight excluding hydrogens is 334 g/mol. The Hall–Kier alpha value is -1.21. The standard InChI is InChI=1S/C16H19N3O2S.ClH/c20-15(8-12-9-21-6-5-17-12)18-11-3-4-13-14(7-11)22-16(19-13)10-1-2-10;/h3-4,7,10,12,17H,1-2,5-6,8-9H2,(H,18,20);1H. The van der Waals surface area contributed by atoms with Crippen LogP contribution in [-0.4, -0.2) is 36.7 Å². The number of anilines is 1. The third-order valence-corrected chi connectivity index (χ3v) is 5.23. The zero-order chi connectivity index (χ0) is 14.9. The number of hydrogen-bond acceptors (Lipinski definition) is 5. The van der Waals surface area contributed by atoms with Crippen LogP contribution in [0.1, 0.15) is 30.2 Å². The third-order valence-electron chi connectivity index (χ3n) is 4.05. The molecule has 2 aromatic rings. The summed E-state index contributed by atoms with van der Waals surface area (Å²) in [4.78, 5) is 16.8. The van der Waals surface area contributed by atoms with E-state index in [1.54, 1.807) is 11.3 Å². The summed E-state index contributed by atoms with van der Waals surface area (Å²) >= 11 is 1.75. The molecule has 23 heavy (non-hydrogen) atoms. The number of carbonyl (C=O) groups is 1. The highest BCUT2D eigenvalue weighted by molar-refractivity contribution is 7.18. The average Bonchev–Trinajstić information content (AvgIpc) is 3.28. The molecule has 0 radical (unpaired) electrons. The molecule has 1 aliphatic carbocycles. The van der Waals surface area contributed by atoms with Gasteiger partial charge in [0.05, 0.1) is 28.4 Å². The van der Waals surface area contributed by atoms with E-state index >= 15 is 0 Å². The SMILES string of the molecule is Cl.O=C(CC1COCCN1)Nc1ccc2nc(C3CC3)sc2c1. The van der Waals surface area contributed by atoms with Gasteiger partial charge in [-0.2, -0.15) is 0 Å². The Labute approximate surface area is 145 Å². The van der Waals surface area contributed by atoms with Crippen molar-refractivity contribution in [2.75, 3.05) is 25.1 Å². The number of amides is 1. The summed E-state index contributed by atoms with van der Waals surface area (Å²) in [5.74, 6) is 0.696. The van der Waals surface area contributed by atoms with Crippen molar-refractivity contribution in [1.82, 2.24) is 10.3 Å². The minimum atomic E-state index is 0. The van der Waals surface area contributed by atoms with Gasteiger partial charge in [-0.15, -0.1) is 23.7 Å². The van der Waals surface area contributed by atoms with Crippen LogP contribution < -0.4 is 10.6 Å². The first kappa shape index (κ1) is 16.6. The molecule has 5 nitrogen and oxygen atoms in total. The summed E-state index contributed by atoms with van der Waals surface area (Å²) in [7, 11) is 0. The number of aromatic nitrogens is 1. The normalized spacial score (nSPS) is 21.0. The van der Waals surface area contributed by atoms with Gasteiger partial charge in [0.1, 0.15) is 0 Å². The quantitative estimate of drug-likeness (QED) is 0.887. The summed E-state index contributed by atoms with van der Waals surface area (Å²) in [5.41, 5.74) is 1.88. The predicted octanol–water partition coefficient (Wildman–Crippen LogP) is 2.91. The van der Waals surface area contributed by atoms with Crippen LogP contribution in [0.4, 0.5) is 5.69 Å². The van der Waals surface area contributed by atoms with E-state index in [0.717, 1.165) is 29.1 Å². The number of thiazole rings is 1. The molecule has 2 N–H and O–H groups in total. The summed E-state index contributed by atoms with van der Waals surface area (Å²) in [6, 6.07) is 6.07. The van der Waals surface area contributed by atoms with Crippen LogP contribution in [-0.2, 0) is 9.53 Å². The average molecular weight is 354 g/mol. The predicted molar refractivity (Wildman–Crippen MR) is 94.7 cm³/mol. The summed E-state index contributed by atoms with van der Waals surface area (Å²) < 4.78 is 6.52. The molecule has 2 aliphatic rings. The molecular formula is C16H20ClN3O2S. The minimum absolute atomic E-state index is 0. The molecule has 1 atom stereocenters. The molecule has 1 saturated heterocycles. The summed E-state index contributed by atoms with van der Waals surface area (Å²) in [5, 5.41) is 7.51. The van der Waals surface area contributed by atoms with Gasteiger partial charge in [-0.1, -0.05) is 0 Å². The van der Waals surface area contributed by atoms with E-state index in [-0.39, 0.29) is 24.4 Å². The fraction of sp³-hybridized carbons (Fsp3) is 0.500. The first-order chi connectivity index (χ1) is 10.8. The van der Waals surface area contributed by atoms with Gasteiger partial charge in [0.25, 0.3) is 0 Å². The van der Waals surface area contributed by atoms with Gasteiger partial charge in [-0.05, 0) is 31.0 Å². The highest BCUT2D eigenvalue weighted by Gasteiger charge is 2.27. The monoisotopic (exact) mass is 353 g/mol. The molecule has 0 spiro atoms. The van der Waals surface area contributed by atoms with Crippen molar-refractivity contribution in [2.45, 2.75) is 31.2 Å². The lowest BCUT2D eigenvalue weighted by molar-refractivity contribution is -0.117. The lowest BCUT2D eigenvalue weighted by atomic mass is 10.2. The lowest BCUT2D eigenvalue weighted by Gasteiger charge is -2.23. The van der Waals surface area contributed by atoms with Crippen LogP contribution in [0.25, 0.3) is 10.2 Å². The van der Waals surface area contributed by atoms with Crippen LogP contribution in [0, 0.1) is 0 Å². The number of halogens is 1. The van der Waals surface area contributed by atoms with Crippen LogP contribution in [0.2, 0.25) is 0 Å². The smallest absolute Gasteiger partial charge is 0.226 e. The van der Waals surface area contributed by atoms with E-state index in [1.165, 1.54) is 17.8 Å². The van der Waals surface area contributed by atoms with Gasteiger partial charge in [-0.3, -0.25) is 4.79 Å². The zero-order valence-electron chi connectivity index (χ0n) is 12.7. The molecule has 4 rings (SSSR count). The number of morpholine rings is 1. The van der Waals surface area contributed by atoms with Crippen LogP contribution in [0.3, 0.4) is 0 Å². The Morgan fingerprint density at radius 1 is 1.43 bits per heavy atom. The Kier molecular flexibility index (Phi) is 5.16. The topological polar surface area (TPSA) is 63.2 Å². The first-order valence-electron chi connectivity index (χ1n) is 7.79. The van der Waals surface area contributed by atoms with E-state index in [0.29, 0.717) is 18.9 Å². The van der Waals surface area contributed by atoms with E-state index in [4.69, 9.17) is 4.74 Å². The molecule has 1 unspecified atom stereocenters. The largest absolute Gasteiger partial charge is 0.378 e. The second kappa shape index (κ2) is 7.13. The van der Waals surface area contributed by atoms with Gasteiger partial charge in [0.2, 0.25) is 5.91 Å². The number of nitrogens with zero attached hydrogens (tertiary/aromatic N) is 1. The number of rotatable bonds is 4. The second-order valence-electron chi connectivity index (χ2n) is 5.99. The van der Waals surface area contributed by atoms with Gasteiger partial charge >= 0.3 is 0 Å². The Bertz CT molecular complexity index is 696. The number of nitrogens with one attached hydrogen (secondary N) is 2. The molecule has 1 aromatic heterocycles. The zero-order valence-corrected chi connectivity index (χ0v) is 14.3. The first-order valence-corrected chi connectivity index (χ1v) is 8.61. The number of hydrogen-bond donors (Lipinski definition) is 2. The fourth-order valence-corrected chi connectivity index (χ4v) is 3.89. The fourth-order valence-electron chi connectivity index (χ4n) is 2.71. The van der Waals surface area contributed by atoms with Crippen molar-refractivity contribution in [3.8, 4) is 0 Å². The van der Waals surface area contributed by atoms with Crippen LogP contribution >= 0.6 is 23.7 Å². The molecule has 124 valence electrons. The maximum absolute atomic E-state index is 12.1. The van der Waals surface area contributed by atoms with Crippen molar-refractivity contribution in [3.05, 3.63) is 23.2 Å². The molecule has 2 fully saturated rings. The molecule has 0 bridgehead atoms. The second-order valence-corrected chi connectivity index (χ2v) is 7.05. The van der Waals surface area contributed by atoms with Gasteiger partial charge in [0.15, 0.2) is 0 Å². The molecule has 1 aliphatic heterocycles. The Morgan fingerprint density at radius 3 is 3.04 bits per heavy atom. The van der Waals surface area contributed by atoms with Gasteiger partial charge in [0, 0.05) is 30.6 Å². The van der Waals surface area contributed by atoms with Crippen molar-refractivity contribution >= 4 is 45.6 Å². The third kappa shape index (κ3) is 4.01. The Balaban J connectivity index is 0.00000156. The maximum Gasteiger partial charge on any atom is 0.226 e. The van der Waals surface area contributed by atoms with Crippen molar-refractivity contribution < 1.29 is 9.53 Å².